The van der Waals surface area contributed by atoms with Gasteiger partial charge in [0.2, 0.25) is 0 Å². The van der Waals surface area contributed by atoms with Gasteiger partial charge in [0.05, 0.1) is 23.0 Å². The lowest BCUT2D eigenvalue weighted by Gasteiger charge is -2.10. The highest BCUT2D eigenvalue weighted by Crippen LogP contribution is 2.16. The molecule has 0 unspecified atom stereocenters. The standard InChI is InChI=1S/C15H14N4O4/c1-3-18-13(20)10(14(21)22)7-19(15(18)23)9-4-5-12-11(6-9)16-8-17(12)2/h4-8H,3H2,1-2H3,(H,21,22). The third-order valence-corrected chi connectivity index (χ3v) is 3.70. The van der Waals surface area contributed by atoms with Gasteiger partial charge in [0.1, 0.15) is 5.56 Å². The fraction of sp³-hybridized carbons (Fsp3) is 0.200. The molecule has 1 aromatic carbocycles. The lowest BCUT2D eigenvalue weighted by atomic mass is 10.2. The molecule has 3 rings (SSSR count). The second kappa shape index (κ2) is 5.24. The normalized spacial score (nSPS) is 11.0. The van der Waals surface area contributed by atoms with Crippen LogP contribution in [0.1, 0.15) is 17.3 Å². The van der Waals surface area contributed by atoms with Crippen molar-refractivity contribution in [2.24, 2.45) is 7.05 Å². The van der Waals surface area contributed by atoms with Gasteiger partial charge in [-0.2, -0.15) is 0 Å². The Hall–Kier alpha value is -3.16. The Labute approximate surface area is 129 Å². The summed E-state index contributed by atoms with van der Waals surface area (Å²) in [6.07, 6.45) is 2.70. The molecule has 0 radical (unpaired) electrons. The van der Waals surface area contributed by atoms with E-state index in [9.17, 15) is 19.5 Å². The van der Waals surface area contributed by atoms with E-state index in [0.29, 0.717) is 11.2 Å². The van der Waals surface area contributed by atoms with Crippen LogP contribution in [0.3, 0.4) is 0 Å². The first-order valence-electron chi connectivity index (χ1n) is 6.95. The minimum atomic E-state index is -1.37. The van der Waals surface area contributed by atoms with Gasteiger partial charge in [-0.1, -0.05) is 0 Å². The van der Waals surface area contributed by atoms with Crippen LogP contribution in [0.5, 0.6) is 0 Å². The highest BCUT2D eigenvalue weighted by Gasteiger charge is 2.17. The van der Waals surface area contributed by atoms with Crippen molar-refractivity contribution in [3.63, 3.8) is 0 Å². The minimum Gasteiger partial charge on any atom is -0.477 e. The summed E-state index contributed by atoms with van der Waals surface area (Å²) in [6.45, 7) is 1.70. The number of carbonyl (C=O) groups is 1. The maximum atomic E-state index is 12.4. The van der Waals surface area contributed by atoms with Gasteiger partial charge < -0.3 is 9.67 Å². The minimum absolute atomic E-state index is 0.0879. The van der Waals surface area contributed by atoms with E-state index in [0.717, 1.165) is 20.8 Å². The molecule has 8 nitrogen and oxygen atoms in total. The first kappa shape index (κ1) is 14.8. The largest absolute Gasteiger partial charge is 0.477 e. The number of nitrogens with zero attached hydrogens (tertiary/aromatic N) is 4. The van der Waals surface area contributed by atoms with E-state index >= 15 is 0 Å². The van der Waals surface area contributed by atoms with Crippen LogP contribution >= 0.6 is 0 Å². The zero-order valence-corrected chi connectivity index (χ0v) is 12.6. The van der Waals surface area contributed by atoms with E-state index in [1.165, 1.54) is 0 Å². The summed E-state index contributed by atoms with van der Waals surface area (Å²) >= 11 is 0. The molecule has 118 valence electrons. The Kier molecular flexibility index (Phi) is 3.36. The van der Waals surface area contributed by atoms with Gasteiger partial charge in [-0.15, -0.1) is 0 Å². The molecule has 0 bridgehead atoms. The van der Waals surface area contributed by atoms with Crippen molar-refractivity contribution >= 4 is 17.0 Å². The molecule has 0 aliphatic carbocycles. The number of aryl methyl sites for hydroxylation is 1. The predicted octanol–water partition coefficient (Wildman–Crippen LogP) is 0.604. The van der Waals surface area contributed by atoms with Crippen molar-refractivity contribution in [1.29, 1.82) is 0 Å². The predicted molar refractivity (Wildman–Crippen MR) is 83.2 cm³/mol. The molecule has 8 heteroatoms. The summed E-state index contributed by atoms with van der Waals surface area (Å²) < 4.78 is 3.88. The summed E-state index contributed by atoms with van der Waals surface area (Å²) in [7, 11) is 1.85. The second-order valence-electron chi connectivity index (χ2n) is 5.08. The Morgan fingerprint density at radius 1 is 1.30 bits per heavy atom. The van der Waals surface area contributed by atoms with Crippen LogP contribution in [0.15, 0.2) is 40.3 Å². The number of rotatable bonds is 3. The molecule has 0 fully saturated rings. The average molecular weight is 314 g/mol. The third kappa shape index (κ3) is 2.24. The van der Waals surface area contributed by atoms with E-state index < -0.39 is 22.8 Å². The van der Waals surface area contributed by atoms with Crippen LogP contribution in [-0.4, -0.2) is 29.8 Å². The Morgan fingerprint density at radius 2 is 2.04 bits per heavy atom. The number of carboxylic acid groups (broad SMARTS) is 1. The lowest BCUT2D eigenvalue weighted by molar-refractivity contribution is 0.0693. The quantitative estimate of drug-likeness (QED) is 0.763. The molecule has 1 N–H and O–H groups in total. The smallest absolute Gasteiger partial charge is 0.342 e. The summed E-state index contributed by atoms with van der Waals surface area (Å²) in [5.74, 6) is -1.37. The van der Waals surface area contributed by atoms with Crippen LogP contribution < -0.4 is 11.2 Å². The van der Waals surface area contributed by atoms with Gasteiger partial charge in [-0.05, 0) is 25.1 Å². The van der Waals surface area contributed by atoms with Crippen molar-refractivity contribution in [3.05, 3.63) is 57.1 Å². The highest BCUT2D eigenvalue weighted by molar-refractivity contribution is 5.87. The molecule has 0 aliphatic heterocycles. The van der Waals surface area contributed by atoms with Crippen LogP contribution in [0, 0.1) is 0 Å². The molecule has 3 aromatic rings. The van der Waals surface area contributed by atoms with Gasteiger partial charge in [0.25, 0.3) is 5.56 Å². The van der Waals surface area contributed by atoms with E-state index in [1.807, 2.05) is 11.6 Å². The first-order chi connectivity index (χ1) is 10.9. The van der Waals surface area contributed by atoms with Gasteiger partial charge in [0.15, 0.2) is 0 Å². The van der Waals surface area contributed by atoms with E-state index in [1.54, 1.807) is 31.5 Å². The number of carboxylic acids is 1. The Bertz CT molecular complexity index is 1040. The van der Waals surface area contributed by atoms with Crippen LogP contribution in [-0.2, 0) is 13.6 Å². The number of fused-ring (bicyclic) bond motifs is 1. The molecule has 0 amide bonds. The molecule has 23 heavy (non-hydrogen) atoms. The topological polar surface area (TPSA) is 99.1 Å². The molecule has 0 spiro atoms. The number of hydrogen-bond acceptors (Lipinski definition) is 4. The number of benzene rings is 1. The number of aromatic nitrogens is 4. The summed E-state index contributed by atoms with van der Waals surface area (Å²) in [5.41, 5.74) is 0.156. The third-order valence-electron chi connectivity index (χ3n) is 3.70. The number of aromatic carboxylic acids is 1. The molecular weight excluding hydrogens is 300 g/mol. The fourth-order valence-corrected chi connectivity index (χ4v) is 2.49. The Morgan fingerprint density at radius 3 is 2.70 bits per heavy atom. The Balaban J connectivity index is 2.33. The highest BCUT2D eigenvalue weighted by atomic mass is 16.4. The maximum Gasteiger partial charge on any atom is 0.342 e. The summed E-state index contributed by atoms with van der Waals surface area (Å²) in [6, 6.07) is 5.14. The second-order valence-corrected chi connectivity index (χ2v) is 5.08. The molecule has 0 aliphatic rings. The SMILES string of the molecule is CCn1c(=O)c(C(=O)O)cn(-c2ccc3c(c2)ncn3C)c1=O. The van der Waals surface area contributed by atoms with Crippen molar-refractivity contribution < 1.29 is 9.90 Å². The molecule has 0 saturated heterocycles. The number of imidazole rings is 1. The molecule has 2 aromatic heterocycles. The van der Waals surface area contributed by atoms with E-state index in [-0.39, 0.29) is 6.54 Å². The number of hydrogen-bond donors (Lipinski definition) is 1. The van der Waals surface area contributed by atoms with Gasteiger partial charge in [-0.3, -0.25) is 13.9 Å². The zero-order chi connectivity index (χ0) is 16.7. The lowest BCUT2D eigenvalue weighted by Crippen LogP contribution is -2.41. The van der Waals surface area contributed by atoms with Crippen LogP contribution in [0.25, 0.3) is 16.7 Å². The van der Waals surface area contributed by atoms with Gasteiger partial charge >= 0.3 is 11.7 Å². The zero-order valence-electron chi connectivity index (χ0n) is 12.6. The first-order valence-corrected chi connectivity index (χ1v) is 6.95. The van der Waals surface area contributed by atoms with Crippen LogP contribution in [0.2, 0.25) is 0 Å². The maximum absolute atomic E-state index is 12.4. The van der Waals surface area contributed by atoms with E-state index in [4.69, 9.17) is 0 Å². The van der Waals surface area contributed by atoms with Crippen molar-refractivity contribution in [3.8, 4) is 5.69 Å². The van der Waals surface area contributed by atoms with E-state index in [2.05, 4.69) is 4.98 Å². The van der Waals surface area contributed by atoms with Crippen LogP contribution in [0.4, 0.5) is 0 Å². The van der Waals surface area contributed by atoms with Crippen molar-refractivity contribution in [2.45, 2.75) is 13.5 Å². The van der Waals surface area contributed by atoms with Gasteiger partial charge in [0, 0.05) is 19.8 Å². The average Bonchev–Trinajstić information content (AvgIpc) is 2.88. The molecule has 2 heterocycles. The molecule has 0 saturated carbocycles. The van der Waals surface area contributed by atoms with Gasteiger partial charge in [-0.25, -0.2) is 14.6 Å². The van der Waals surface area contributed by atoms with Crippen molar-refractivity contribution in [1.82, 2.24) is 18.7 Å². The molecule has 0 atom stereocenters. The fourth-order valence-electron chi connectivity index (χ4n) is 2.49. The summed E-state index contributed by atoms with van der Waals surface area (Å²) in [4.78, 5) is 39.9. The van der Waals surface area contributed by atoms with Crippen molar-refractivity contribution in [2.75, 3.05) is 0 Å². The monoisotopic (exact) mass is 314 g/mol. The molecular formula is C15H14N4O4. The summed E-state index contributed by atoms with van der Waals surface area (Å²) in [5, 5.41) is 9.18.